The Balaban J connectivity index is 1.95. The zero-order valence-electron chi connectivity index (χ0n) is 25.9. The summed E-state index contributed by atoms with van der Waals surface area (Å²) in [5.74, 6) is -1.80. The van der Waals surface area contributed by atoms with Crippen molar-refractivity contribution >= 4 is 56.3 Å². The molecule has 3 aromatic rings. The van der Waals surface area contributed by atoms with Gasteiger partial charge in [0.2, 0.25) is 22.8 Å². The molecule has 2 atom stereocenters. The SMILES string of the molecule is CC1=C(CCC(=O)O)c2cc3[nH+]c(cc4[nH]c(cc5[nH]c(cc1[nH+]2)c(C)c5C(C)O)c(C)c4C(C)O)C(C)=C3CCC(=O)O. The molecule has 5 heterocycles. The monoisotopic (exact) mass is 600 g/mol. The number of aromatic amines is 4. The van der Waals surface area contributed by atoms with Gasteiger partial charge in [0.25, 0.3) is 0 Å². The van der Waals surface area contributed by atoms with E-state index in [1.807, 2.05) is 52.0 Å². The Morgan fingerprint density at radius 1 is 0.636 bits per heavy atom. The number of fused-ring (bicyclic) bond motifs is 8. The summed E-state index contributed by atoms with van der Waals surface area (Å²) in [7, 11) is 0. The maximum absolute atomic E-state index is 11.6. The molecular formula is C34H40N4O6+2. The Morgan fingerprint density at radius 3 is 1.43 bits per heavy atom. The molecule has 10 nitrogen and oxygen atoms in total. The van der Waals surface area contributed by atoms with Gasteiger partial charge >= 0.3 is 11.9 Å². The average molecular weight is 601 g/mol. The first-order valence-electron chi connectivity index (χ1n) is 14.8. The second-order valence-electron chi connectivity index (χ2n) is 11.8. The lowest BCUT2D eigenvalue weighted by Crippen LogP contribution is -2.11. The smallest absolute Gasteiger partial charge is 0.303 e. The second kappa shape index (κ2) is 11.9. The molecule has 44 heavy (non-hydrogen) atoms. The number of aliphatic hydroxyl groups excluding tert-OH is 2. The van der Waals surface area contributed by atoms with Gasteiger partial charge in [0.15, 0.2) is 0 Å². The fourth-order valence-electron chi connectivity index (χ4n) is 6.48. The molecule has 0 spiro atoms. The number of hydrogen-bond donors (Lipinski definition) is 6. The molecule has 8 bridgehead atoms. The molecule has 0 radical (unpaired) electrons. The third-order valence-electron chi connectivity index (χ3n) is 8.81. The van der Waals surface area contributed by atoms with Crippen LogP contribution < -0.4 is 9.97 Å². The van der Waals surface area contributed by atoms with E-state index in [9.17, 15) is 30.0 Å². The van der Waals surface area contributed by atoms with Crippen molar-refractivity contribution in [1.29, 1.82) is 0 Å². The zero-order chi connectivity index (χ0) is 32.0. The summed E-state index contributed by atoms with van der Waals surface area (Å²) in [5, 5.41) is 40.6. The van der Waals surface area contributed by atoms with Crippen molar-refractivity contribution in [2.45, 2.75) is 79.4 Å². The molecule has 8 N–H and O–H groups in total. The Kier molecular flexibility index (Phi) is 8.33. The highest BCUT2D eigenvalue weighted by Crippen LogP contribution is 2.36. The van der Waals surface area contributed by atoms with Crippen LogP contribution in [0, 0.1) is 13.8 Å². The lowest BCUT2D eigenvalue weighted by atomic mass is 9.98. The van der Waals surface area contributed by atoms with Crippen molar-refractivity contribution in [3.63, 3.8) is 0 Å². The highest BCUT2D eigenvalue weighted by Gasteiger charge is 2.30. The van der Waals surface area contributed by atoms with E-state index in [1.54, 1.807) is 13.8 Å². The number of rotatable bonds is 8. The minimum absolute atomic E-state index is 0.0448. The molecule has 0 aliphatic carbocycles. The minimum atomic E-state index is -0.899. The standard InChI is InChI=1S/C34H38N4O6/c1-15-21(7-9-31(41)42)27-14-28-22(8-10-32(43)44)16(2)24(36-28)12-29-34(20(6)40)18(4)26(38-29)13-30-33(19(5)39)17(3)25(37-30)11-23(15)35-27/h11-14,19-20,37-40H,7-10H2,1-6H3,(H,41,42)(H,43,44)/p+2. The molecule has 0 saturated heterocycles. The quantitative estimate of drug-likeness (QED) is 0.200. The maximum Gasteiger partial charge on any atom is 0.303 e. The molecule has 3 aromatic heterocycles. The number of carbonyl (C=O) groups is 2. The predicted octanol–water partition coefficient (Wildman–Crippen LogP) is 5.47. The van der Waals surface area contributed by atoms with Gasteiger partial charge in [0.05, 0.1) is 23.8 Å². The Hall–Kier alpha value is -4.54. The van der Waals surface area contributed by atoms with Gasteiger partial charge in [0, 0.05) is 74.9 Å². The molecule has 0 amide bonds. The normalized spacial score (nSPS) is 14.7. The van der Waals surface area contributed by atoms with Crippen LogP contribution in [0.15, 0.2) is 24.3 Å². The molecule has 10 heteroatoms. The Labute approximate surface area is 254 Å². The van der Waals surface area contributed by atoms with Gasteiger partial charge in [-0.2, -0.15) is 0 Å². The minimum Gasteiger partial charge on any atom is -0.481 e. The maximum atomic E-state index is 11.6. The Morgan fingerprint density at radius 2 is 1.02 bits per heavy atom. The number of aryl methyl sites for hydroxylation is 2. The van der Waals surface area contributed by atoms with Crippen LogP contribution in [0.25, 0.3) is 44.4 Å². The van der Waals surface area contributed by atoms with E-state index in [0.717, 1.165) is 83.9 Å². The van der Waals surface area contributed by atoms with Crippen LogP contribution in [0.5, 0.6) is 0 Å². The summed E-state index contributed by atoms with van der Waals surface area (Å²) in [6, 6.07) is 7.78. The number of carboxylic acids is 2. The van der Waals surface area contributed by atoms with Crippen molar-refractivity contribution in [3.05, 3.63) is 69.3 Å². The van der Waals surface area contributed by atoms with Crippen LogP contribution in [0.3, 0.4) is 0 Å². The number of H-pyrrole nitrogens is 4. The van der Waals surface area contributed by atoms with E-state index < -0.39 is 24.1 Å². The summed E-state index contributed by atoms with van der Waals surface area (Å²) < 4.78 is 0. The van der Waals surface area contributed by atoms with Gasteiger partial charge < -0.3 is 30.4 Å². The highest BCUT2D eigenvalue weighted by atomic mass is 16.4. The lowest BCUT2D eigenvalue weighted by Gasteiger charge is -2.04. The molecule has 5 rings (SSSR count). The topological polar surface area (TPSA) is 175 Å². The van der Waals surface area contributed by atoms with Crippen LogP contribution in [-0.2, 0) is 9.59 Å². The summed E-state index contributed by atoms with van der Waals surface area (Å²) in [6.45, 7) is 11.2. The fourth-order valence-corrected chi connectivity index (χ4v) is 6.48. The fraction of sp³-hybridized carbons (Fsp3) is 0.353. The summed E-state index contributed by atoms with van der Waals surface area (Å²) >= 11 is 0. The first-order valence-corrected chi connectivity index (χ1v) is 14.8. The Bertz CT molecular complexity index is 1920. The van der Waals surface area contributed by atoms with Gasteiger partial charge in [-0.25, -0.2) is 9.97 Å². The average Bonchev–Trinajstić information content (AvgIpc) is 3.59. The van der Waals surface area contributed by atoms with Crippen molar-refractivity contribution in [2.24, 2.45) is 0 Å². The summed E-state index contributed by atoms with van der Waals surface area (Å²) in [4.78, 5) is 37.1. The molecule has 230 valence electrons. The number of carboxylic acid groups (broad SMARTS) is 2. The summed E-state index contributed by atoms with van der Waals surface area (Å²) in [5.41, 5.74) is 12.8. The zero-order valence-corrected chi connectivity index (χ0v) is 25.9. The summed E-state index contributed by atoms with van der Waals surface area (Å²) in [6.07, 6.45) is -0.993. The van der Waals surface area contributed by atoms with Crippen molar-refractivity contribution < 1.29 is 40.0 Å². The van der Waals surface area contributed by atoms with Crippen LogP contribution in [0.1, 0.15) is 111 Å². The molecule has 0 saturated carbocycles. The second-order valence-corrected chi connectivity index (χ2v) is 11.8. The third kappa shape index (κ3) is 5.70. The van der Waals surface area contributed by atoms with E-state index in [2.05, 4.69) is 19.9 Å². The molecule has 2 unspecified atom stereocenters. The molecule has 2 aliphatic rings. The third-order valence-corrected chi connectivity index (χ3v) is 8.81. The van der Waals surface area contributed by atoms with Crippen LogP contribution in [-0.4, -0.2) is 42.3 Å². The van der Waals surface area contributed by atoms with Gasteiger partial charge in [-0.05, 0) is 71.6 Å². The molecule has 0 aromatic carbocycles. The molecular weight excluding hydrogens is 560 g/mol. The first kappa shape index (κ1) is 30.9. The van der Waals surface area contributed by atoms with Gasteiger partial charge in [-0.3, -0.25) is 9.59 Å². The number of aromatic nitrogens is 4. The predicted molar refractivity (Wildman–Crippen MR) is 168 cm³/mol. The van der Waals surface area contributed by atoms with Crippen molar-refractivity contribution in [3.8, 4) is 0 Å². The number of allylic oxidation sites excluding steroid dienone is 4. The van der Waals surface area contributed by atoms with Crippen LogP contribution in [0.4, 0.5) is 0 Å². The number of hydrogen-bond acceptors (Lipinski definition) is 4. The molecule has 0 fully saturated rings. The van der Waals surface area contributed by atoms with Crippen molar-refractivity contribution in [1.82, 2.24) is 9.97 Å². The van der Waals surface area contributed by atoms with E-state index in [1.165, 1.54) is 0 Å². The van der Waals surface area contributed by atoms with Gasteiger partial charge in [-0.1, -0.05) is 0 Å². The highest BCUT2D eigenvalue weighted by molar-refractivity contribution is 5.93. The van der Waals surface area contributed by atoms with E-state index in [0.29, 0.717) is 18.4 Å². The van der Waals surface area contributed by atoms with Crippen LogP contribution in [0.2, 0.25) is 0 Å². The lowest BCUT2D eigenvalue weighted by molar-refractivity contribution is -0.388. The number of aliphatic hydroxyl groups is 2. The number of aliphatic carboxylic acids is 2. The van der Waals surface area contributed by atoms with Crippen molar-refractivity contribution in [2.75, 3.05) is 0 Å². The van der Waals surface area contributed by atoms with E-state index in [-0.39, 0.29) is 12.8 Å². The van der Waals surface area contributed by atoms with Crippen LogP contribution >= 0.6 is 0 Å². The molecule has 2 aliphatic heterocycles. The number of nitrogens with one attached hydrogen (secondary N) is 4. The van der Waals surface area contributed by atoms with Gasteiger partial charge in [0.1, 0.15) is 0 Å². The first-order chi connectivity index (χ1) is 20.8. The van der Waals surface area contributed by atoms with E-state index in [4.69, 9.17) is 0 Å². The largest absolute Gasteiger partial charge is 0.481 e. The van der Waals surface area contributed by atoms with Gasteiger partial charge in [-0.15, -0.1) is 0 Å². The van der Waals surface area contributed by atoms with E-state index >= 15 is 0 Å².